The lowest BCUT2D eigenvalue weighted by Crippen LogP contribution is -2.48. The van der Waals surface area contributed by atoms with Gasteiger partial charge in [0.15, 0.2) is 19.7 Å². The molecule has 0 spiro atoms. The third-order valence-electron chi connectivity index (χ3n) is 7.20. The largest absolute Gasteiger partial charge is 0.305 e. The Morgan fingerprint density at radius 3 is 2.27 bits per heavy atom. The number of benzene rings is 1. The molecule has 184 valence electrons. The molecule has 8 nitrogen and oxygen atoms in total. The van der Waals surface area contributed by atoms with E-state index in [0.29, 0.717) is 19.3 Å². The second kappa shape index (κ2) is 9.42. The van der Waals surface area contributed by atoms with Gasteiger partial charge >= 0.3 is 0 Å². The van der Waals surface area contributed by atoms with Crippen LogP contribution < -0.4 is 5.32 Å². The van der Waals surface area contributed by atoms with Crippen molar-refractivity contribution in [2.45, 2.75) is 61.5 Å². The molecule has 0 radical (unpaired) electrons. The Bertz CT molecular complexity index is 1120. The molecule has 33 heavy (non-hydrogen) atoms. The van der Waals surface area contributed by atoms with E-state index in [0.717, 1.165) is 11.2 Å². The van der Waals surface area contributed by atoms with Gasteiger partial charge in [-0.25, -0.2) is 21.2 Å². The number of hydrogen-bond donors (Lipinski definition) is 1. The van der Waals surface area contributed by atoms with Crippen LogP contribution in [0.25, 0.3) is 0 Å². The van der Waals surface area contributed by atoms with Crippen LogP contribution in [0, 0.1) is 11.3 Å². The van der Waals surface area contributed by atoms with Crippen LogP contribution in [0.15, 0.2) is 34.1 Å². The number of carbonyl (C=O) groups excluding carboxylic acids is 2. The molecule has 1 aliphatic heterocycles. The van der Waals surface area contributed by atoms with Gasteiger partial charge in [-0.05, 0) is 54.9 Å². The quantitative estimate of drug-likeness (QED) is 0.575. The van der Waals surface area contributed by atoms with Gasteiger partial charge in [0.05, 0.1) is 35.1 Å². The van der Waals surface area contributed by atoms with Gasteiger partial charge in [0.2, 0.25) is 11.8 Å². The van der Waals surface area contributed by atoms with Crippen molar-refractivity contribution in [1.82, 2.24) is 10.2 Å². The minimum absolute atomic E-state index is 0.0604. The lowest BCUT2D eigenvalue weighted by atomic mass is 9.75. The highest BCUT2D eigenvalue weighted by Crippen LogP contribution is 2.47. The Labute approximate surface area is 194 Å². The smallest absolute Gasteiger partial charge is 0.243 e. The van der Waals surface area contributed by atoms with Crippen LogP contribution >= 0.6 is 0 Å². The third-order valence-corrected chi connectivity index (χ3v) is 10.2. The fourth-order valence-corrected chi connectivity index (χ4v) is 7.37. The molecule has 0 aromatic heterocycles. The fraction of sp³-hybridized carbons (Fsp3) is 0.636. The van der Waals surface area contributed by atoms with Crippen LogP contribution in [0.4, 0.5) is 4.39 Å². The van der Waals surface area contributed by atoms with E-state index in [1.54, 1.807) is 0 Å². The SMILES string of the molecule is CCC1(C)[C@@H](CS(=O)(=O)c2ccc(S(C)(=O)=O)cc2)CC[C@H]1NCC(=O)N1C[C@H](F)CC1=O. The van der Waals surface area contributed by atoms with Gasteiger partial charge < -0.3 is 5.32 Å². The number of nitrogens with zero attached hydrogens (tertiary/aromatic N) is 1. The van der Waals surface area contributed by atoms with Crippen LogP contribution in [0.3, 0.4) is 0 Å². The predicted octanol–water partition coefficient (Wildman–Crippen LogP) is 1.75. The minimum Gasteiger partial charge on any atom is -0.305 e. The summed E-state index contributed by atoms with van der Waals surface area (Å²) in [5.41, 5.74) is -0.405. The van der Waals surface area contributed by atoms with Crippen LogP contribution in [-0.4, -0.2) is 70.9 Å². The maximum absolute atomic E-state index is 13.4. The number of alkyl halides is 1. The van der Waals surface area contributed by atoms with E-state index in [1.165, 1.54) is 24.3 Å². The Morgan fingerprint density at radius 2 is 1.76 bits per heavy atom. The van der Waals surface area contributed by atoms with Gasteiger partial charge in [0, 0.05) is 12.3 Å². The molecule has 1 N–H and O–H groups in total. The highest BCUT2D eigenvalue weighted by molar-refractivity contribution is 7.91. The van der Waals surface area contributed by atoms with E-state index in [-0.39, 0.29) is 47.0 Å². The van der Waals surface area contributed by atoms with Gasteiger partial charge in [-0.1, -0.05) is 13.8 Å². The average molecular weight is 503 g/mol. The van der Waals surface area contributed by atoms with Crippen LogP contribution in [-0.2, 0) is 29.3 Å². The Balaban J connectivity index is 1.68. The van der Waals surface area contributed by atoms with Crippen molar-refractivity contribution in [2.75, 3.05) is 25.1 Å². The van der Waals surface area contributed by atoms with Crippen molar-refractivity contribution in [3.63, 3.8) is 0 Å². The Hall–Kier alpha value is -1.85. The fourth-order valence-electron chi connectivity index (χ4n) is 4.92. The molecule has 4 atom stereocenters. The van der Waals surface area contributed by atoms with Crippen molar-refractivity contribution < 1.29 is 30.8 Å². The highest BCUT2D eigenvalue weighted by Gasteiger charge is 2.47. The number of rotatable bonds is 8. The molecule has 3 rings (SSSR count). The first-order valence-electron chi connectivity index (χ1n) is 11.0. The van der Waals surface area contributed by atoms with Crippen molar-refractivity contribution >= 4 is 31.5 Å². The summed E-state index contributed by atoms with van der Waals surface area (Å²) in [5, 5.41) is 3.19. The number of amides is 2. The van der Waals surface area contributed by atoms with Gasteiger partial charge in [-0.2, -0.15) is 0 Å². The van der Waals surface area contributed by atoms with E-state index < -0.39 is 43.1 Å². The zero-order valence-corrected chi connectivity index (χ0v) is 20.7. The number of sulfone groups is 2. The first kappa shape index (κ1) is 25.8. The monoisotopic (exact) mass is 502 g/mol. The molecule has 11 heteroatoms. The van der Waals surface area contributed by atoms with Crippen molar-refractivity contribution in [3.8, 4) is 0 Å². The number of nitrogens with one attached hydrogen (secondary N) is 1. The molecule has 1 saturated heterocycles. The van der Waals surface area contributed by atoms with E-state index in [1.807, 2.05) is 13.8 Å². The molecule has 1 aromatic rings. The Morgan fingerprint density at radius 1 is 1.15 bits per heavy atom. The lowest BCUT2D eigenvalue weighted by Gasteiger charge is -2.36. The predicted molar refractivity (Wildman–Crippen MR) is 121 cm³/mol. The summed E-state index contributed by atoms with van der Waals surface area (Å²) in [5.74, 6) is -1.24. The molecule has 2 amide bonds. The summed E-state index contributed by atoms with van der Waals surface area (Å²) in [6.45, 7) is 3.65. The van der Waals surface area contributed by atoms with Crippen LogP contribution in [0.1, 0.15) is 39.5 Å². The molecule has 1 aliphatic carbocycles. The van der Waals surface area contributed by atoms with Gasteiger partial charge in [-0.3, -0.25) is 14.5 Å². The zero-order chi connectivity index (χ0) is 24.6. The normalized spacial score (nSPS) is 28.4. The average Bonchev–Trinajstić information content (AvgIpc) is 3.24. The third kappa shape index (κ3) is 5.46. The summed E-state index contributed by atoms with van der Waals surface area (Å²) in [4.78, 5) is 25.2. The summed E-state index contributed by atoms with van der Waals surface area (Å²) in [6, 6.07) is 5.12. The first-order valence-corrected chi connectivity index (χ1v) is 14.6. The molecule has 1 aromatic carbocycles. The second-order valence-electron chi connectivity index (χ2n) is 9.29. The second-order valence-corrected chi connectivity index (χ2v) is 13.3. The maximum Gasteiger partial charge on any atom is 0.243 e. The van der Waals surface area contributed by atoms with Crippen molar-refractivity contribution in [2.24, 2.45) is 11.3 Å². The van der Waals surface area contributed by atoms with E-state index in [2.05, 4.69) is 5.32 Å². The standard InChI is InChI=1S/C22H31FN2O6S2/c1-4-22(2)15(14-33(30,31)18-8-6-17(7-9-18)32(3,28)29)5-10-19(22)24-12-21(27)25-13-16(23)11-20(25)26/h6-9,15-16,19,24H,4-5,10-14H2,1-3H3/t15-,16-,19-,22?/m1/s1. The molecule has 2 aliphatic rings. The summed E-state index contributed by atoms with van der Waals surface area (Å²) in [7, 11) is -7.07. The lowest BCUT2D eigenvalue weighted by molar-refractivity contribution is -0.141. The first-order chi connectivity index (χ1) is 15.3. The molecular weight excluding hydrogens is 471 g/mol. The van der Waals surface area contributed by atoms with Crippen LogP contribution in [0.2, 0.25) is 0 Å². The topological polar surface area (TPSA) is 118 Å². The van der Waals surface area contributed by atoms with E-state index >= 15 is 0 Å². The molecular formula is C22H31FN2O6S2. The summed E-state index contributed by atoms with van der Waals surface area (Å²) >= 11 is 0. The molecule has 2 fully saturated rings. The molecule has 0 bridgehead atoms. The molecule has 1 unspecified atom stereocenters. The molecule has 1 heterocycles. The zero-order valence-electron chi connectivity index (χ0n) is 19.1. The maximum atomic E-state index is 13.4. The van der Waals surface area contributed by atoms with Gasteiger partial charge in [0.25, 0.3) is 0 Å². The summed E-state index contributed by atoms with van der Waals surface area (Å²) in [6.07, 6.45) is 1.47. The number of hydrogen-bond acceptors (Lipinski definition) is 7. The summed E-state index contributed by atoms with van der Waals surface area (Å²) < 4.78 is 62.8. The van der Waals surface area contributed by atoms with Gasteiger partial charge in [0.1, 0.15) is 6.17 Å². The number of imide groups is 1. The highest BCUT2D eigenvalue weighted by atomic mass is 32.2. The van der Waals surface area contributed by atoms with Crippen molar-refractivity contribution in [3.05, 3.63) is 24.3 Å². The van der Waals surface area contributed by atoms with Gasteiger partial charge in [-0.15, -0.1) is 0 Å². The number of carbonyl (C=O) groups is 2. The minimum atomic E-state index is -3.65. The number of halogens is 1. The molecule has 1 saturated carbocycles. The number of likely N-dealkylation sites (tertiary alicyclic amines) is 1. The Kier molecular flexibility index (Phi) is 7.36. The van der Waals surface area contributed by atoms with Crippen molar-refractivity contribution in [1.29, 1.82) is 0 Å². The van der Waals surface area contributed by atoms with E-state index in [9.17, 15) is 30.8 Å². The van der Waals surface area contributed by atoms with Crippen LogP contribution in [0.5, 0.6) is 0 Å². The van der Waals surface area contributed by atoms with E-state index in [4.69, 9.17) is 0 Å².